The smallest absolute Gasteiger partial charge is 0.286 e. The number of hydrogen-bond acceptors (Lipinski definition) is 8. The Labute approximate surface area is 242 Å². The highest BCUT2D eigenvalue weighted by atomic mass is 16.7. The summed E-state index contributed by atoms with van der Waals surface area (Å²) in [6.07, 6.45) is 2.03. The Morgan fingerprint density at radius 3 is 2.37 bits per heavy atom. The monoisotopic (exact) mass is 569 g/mol. The number of aliphatic hydroxyl groups is 1. The molecule has 0 saturated carbocycles. The number of benzene rings is 2. The third kappa shape index (κ3) is 9.86. The van der Waals surface area contributed by atoms with Crippen molar-refractivity contribution in [3.63, 3.8) is 0 Å². The van der Waals surface area contributed by atoms with Crippen LogP contribution >= 0.6 is 0 Å². The third-order valence-corrected chi connectivity index (χ3v) is 6.84. The van der Waals surface area contributed by atoms with Gasteiger partial charge in [0.2, 0.25) is 6.29 Å². The van der Waals surface area contributed by atoms with Crippen LogP contribution < -0.4 is 16.4 Å². The van der Waals surface area contributed by atoms with E-state index in [1.165, 1.54) is 0 Å². The first-order valence-corrected chi connectivity index (χ1v) is 14.1. The Morgan fingerprint density at radius 1 is 1.00 bits per heavy atom. The highest BCUT2D eigenvalue weighted by molar-refractivity contribution is 6.05. The number of anilines is 2. The molecule has 0 bridgehead atoms. The van der Waals surface area contributed by atoms with E-state index in [0.29, 0.717) is 56.4 Å². The van der Waals surface area contributed by atoms with Gasteiger partial charge in [-0.2, -0.15) is 0 Å². The van der Waals surface area contributed by atoms with Crippen LogP contribution in [0.3, 0.4) is 0 Å². The molecule has 0 aromatic heterocycles. The second-order valence-electron chi connectivity index (χ2n) is 10.1. The zero-order chi connectivity index (χ0) is 29.6. The fourth-order valence-corrected chi connectivity index (χ4v) is 4.65. The van der Waals surface area contributed by atoms with E-state index in [1.807, 2.05) is 13.0 Å². The Kier molecular flexibility index (Phi) is 13.1. The molecule has 3 rings (SSSR count). The highest BCUT2D eigenvalue weighted by Crippen LogP contribution is 2.36. The molecule has 0 spiro atoms. The number of aliphatic hydroxyl groups excluding tert-OH is 1. The molecule has 5 N–H and O–H groups in total. The molecule has 2 amide bonds. The lowest BCUT2D eigenvalue weighted by Crippen LogP contribution is -2.41. The molecule has 0 unspecified atom stereocenters. The largest absolute Gasteiger partial charge is 0.459 e. The zero-order valence-corrected chi connectivity index (χ0v) is 24.1. The van der Waals surface area contributed by atoms with Gasteiger partial charge in [0, 0.05) is 31.2 Å². The number of carbonyl (C=O) groups excluding carboxylic acids is 2. The number of rotatable bonds is 16. The fourth-order valence-electron chi connectivity index (χ4n) is 4.65. The van der Waals surface area contributed by atoms with Crippen molar-refractivity contribution in [1.29, 1.82) is 0 Å². The molecule has 2 aromatic carbocycles. The molecule has 224 valence electrons. The minimum absolute atomic E-state index is 0.00971. The lowest BCUT2D eigenvalue weighted by molar-refractivity contribution is -0.177. The molecule has 1 heterocycles. The SMILES string of the molecule is CCO[C@H]1OC(C(=O)NCc2ccc(C(=O)Nc3ccccc3N)cc2)=C[C@@H](C(C)C)[C@H]1CCOCCOCCO. The topological polar surface area (TPSA) is 141 Å². The van der Waals surface area contributed by atoms with Crippen molar-refractivity contribution in [2.75, 3.05) is 50.7 Å². The van der Waals surface area contributed by atoms with Gasteiger partial charge in [0.05, 0.1) is 37.8 Å². The molecule has 1 aliphatic rings. The van der Waals surface area contributed by atoms with Crippen LogP contribution in [0.4, 0.5) is 11.4 Å². The van der Waals surface area contributed by atoms with E-state index in [1.54, 1.807) is 48.5 Å². The molecule has 0 saturated heterocycles. The van der Waals surface area contributed by atoms with Crippen molar-refractivity contribution >= 4 is 23.2 Å². The van der Waals surface area contributed by atoms with Gasteiger partial charge in [-0.05, 0) is 61.1 Å². The molecule has 3 atom stereocenters. The normalized spacial score (nSPS) is 18.5. The first kappa shape index (κ1) is 32.1. The number of nitrogens with one attached hydrogen (secondary N) is 2. The average Bonchev–Trinajstić information content (AvgIpc) is 2.97. The van der Waals surface area contributed by atoms with Crippen LogP contribution in [0.5, 0.6) is 0 Å². The molecular weight excluding hydrogens is 526 g/mol. The lowest BCUT2D eigenvalue weighted by Gasteiger charge is -2.38. The Hall–Kier alpha value is -3.44. The number of ether oxygens (including phenoxy) is 4. The molecule has 0 fully saturated rings. The molecule has 41 heavy (non-hydrogen) atoms. The van der Waals surface area contributed by atoms with Crippen molar-refractivity contribution < 1.29 is 33.6 Å². The molecule has 2 aromatic rings. The number of para-hydroxylation sites is 2. The van der Waals surface area contributed by atoms with Gasteiger partial charge in [-0.15, -0.1) is 0 Å². The highest BCUT2D eigenvalue weighted by Gasteiger charge is 2.38. The van der Waals surface area contributed by atoms with Gasteiger partial charge >= 0.3 is 0 Å². The van der Waals surface area contributed by atoms with Crippen molar-refractivity contribution in [2.45, 2.75) is 40.0 Å². The van der Waals surface area contributed by atoms with Crippen LogP contribution in [0.1, 0.15) is 43.1 Å². The van der Waals surface area contributed by atoms with E-state index in [4.69, 9.17) is 29.8 Å². The average molecular weight is 570 g/mol. The minimum atomic E-state index is -0.566. The van der Waals surface area contributed by atoms with Gasteiger partial charge in [0.15, 0.2) is 5.76 Å². The van der Waals surface area contributed by atoms with E-state index in [0.717, 1.165) is 5.56 Å². The summed E-state index contributed by atoms with van der Waals surface area (Å²) in [6, 6.07) is 14.1. The maximum Gasteiger partial charge on any atom is 0.286 e. The predicted octanol–water partition coefficient (Wildman–Crippen LogP) is 3.72. The number of amides is 2. The van der Waals surface area contributed by atoms with Gasteiger partial charge in [0.25, 0.3) is 11.8 Å². The van der Waals surface area contributed by atoms with Crippen LogP contribution in [0.15, 0.2) is 60.4 Å². The molecule has 10 nitrogen and oxygen atoms in total. The second kappa shape index (κ2) is 16.7. The van der Waals surface area contributed by atoms with E-state index in [9.17, 15) is 9.59 Å². The summed E-state index contributed by atoms with van der Waals surface area (Å²) in [5, 5.41) is 14.5. The summed E-state index contributed by atoms with van der Waals surface area (Å²) in [6.45, 7) is 8.51. The summed E-state index contributed by atoms with van der Waals surface area (Å²) in [5.41, 5.74) is 8.27. The van der Waals surface area contributed by atoms with E-state index in [-0.39, 0.29) is 48.5 Å². The van der Waals surface area contributed by atoms with Crippen molar-refractivity contribution in [1.82, 2.24) is 5.32 Å². The maximum atomic E-state index is 13.1. The van der Waals surface area contributed by atoms with E-state index < -0.39 is 6.29 Å². The van der Waals surface area contributed by atoms with Gasteiger partial charge in [-0.1, -0.05) is 38.1 Å². The predicted molar refractivity (Wildman–Crippen MR) is 157 cm³/mol. The van der Waals surface area contributed by atoms with Crippen molar-refractivity contribution in [3.05, 3.63) is 71.5 Å². The van der Waals surface area contributed by atoms with Gasteiger partial charge in [-0.3, -0.25) is 9.59 Å². The summed E-state index contributed by atoms with van der Waals surface area (Å²) in [7, 11) is 0. The summed E-state index contributed by atoms with van der Waals surface area (Å²) in [4.78, 5) is 25.7. The summed E-state index contributed by atoms with van der Waals surface area (Å²) in [5.74, 6) is -0.00412. The van der Waals surface area contributed by atoms with Gasteiger partial charge in [-0.25, -0.2) is 0 Å². The molecular formula is C31H43N3O7. The molecule has 0 aliphatic carbocycles. The Morgan fingerprint density at radius 2 is 1.71 bits per heavy atom. The summed E-state index contributed by atoms with van der Waals surface area (Å²) < 4.78 is 22.9. The quantitative estimate of drug-likeness (QED) is 0.177. The van der Waals surface area contributed by atoms with Crippen molar-refractivity contribution in [2.24, 2.45) is 17.8 Å². The van der Waals surface area contributed by atoms with E-state index >= 15 is 0 Å². The van der Waals surface area contributed by atoms with Crippen molar-refractivity contribution in [3.8, 4) is 0 Å². The molecule has 0 radical (unpaired) electrons. The first-order chi connectivity index (χ1) is 19.8. The number of nitrogens with two attached hydrogens (primary N) is 1. The van der Waals surface area contributed by atoms with Crippen LogP contribution in [0, 0.1) is 17.8 Å². The number of allylic oxidation sites excluding steroid dienone is 1. The standard InChI is InChI=1S/C31H43N3O7/c1-4-40-31-24(13-15-38-17-18-39-16-14-35)25(21(2)3)19-28(41-31)30(37)33-20-22-9-11-23(12-10-22)29(36)34-27-8-6-5-7-26(27)32/h5-12,19,21,24-25,31,35H,4,13-18,20,32H2,1-3H3,(H,33,37)(H,34,36)/t24-,25+,31+/m1/s1. The van der Waals surface area contributed by atoms with Gasteiger partial charge < -0.3 is 40.4 Å². The molecule has 10 heteroatoms. The number of nitrogen functional groups attached to an aromatic ring is 1. The van der Waals surface area contributed by atoms with Crippen LogP contribution in [-0.4, -0.2) is 62.9 Å². The fraction of sp³-hybridized carbons (Fsp3) is 0.484. The Bertz CT molecular complexity index is 1140. The van der Waals surface area contributed by atoms with E-state index in [2.05, 4.69) is 24.5 Å². The third-order valence-electron chi connectivity index (χ3n) is 6.84. The van der Waals surface area contributed by atoms with Crippen LogP contribution in [0.25, 0.3) is 0 Å². The molecule has 1 aliphatic heterocycles. The van der Waals surface area contributed by atoms with Crippen LogP contribution in [0.2, 0.25) is 0 Å². The summed E-state index contributed by atoms with van der Waals surface area (Å²) >= 11 is 0. The number of carbonyl (C=O) groups is 2. The first-order valence-electron chi connectivity index (χ1n) is 14.1. The maximum absolute atomic E-state index is 13.1. The minimum Gasteiger partial charge on any atom is -0.459 e. The zero-order valence-electron chi connectivity index (χ0n) is 24.1. The Balaban J connectivity index is 1.56. The van der Waals surface area contributed by atoms with Crippen LogP contribution in [-0.2, 0) is 30.3 Å². The lowest BCUT2D eigenvalue weighted by atomic mass is 9.79. The second-order valence-corrected chi connectivity index (χ2v) is 10.1. The number of hydrogen-bond donors (Lipinski definition) is 4. The van der Waals surface area contributed by atoms with Gasteiger partial charge in [0.1, 0.15) is 0 Å².